The van der Waals surface area contributed by atoms with E-state index in [2.05, 4.69) is 88.3 Å². The van der Waals surface area contributed by atoms with Crippen molar-refractivity contribution in [2.24, 2.45) is 35.5 Å². The van der Waals surface area contributed by atoms with Gasteiger partial charge in [-0.15, -0.1) is 0 Å². The molecular weight excluding hydrogens is 1500 g/mol. The molecule has 4 aliphatic rings. The van der Waals surface area contributed by atoms with Crippen molar-refractivity contribution in [1.29, 1.82) is 0 Å². The molecule has 1 aromatic rings. The van der Waals surface area contributed by atoms with Crippen LogP contribution in [0.25, 0.3) is 0 Å². The minimum atomic E-state index is -1.26. The van der Waals surface area contributed by atoms with E-state index >= 15 is 0 Å². The summed E-state index contributed by atoms with van der Waals surface area (Å²) in [5.41, 5.74) is 7.15. The Hall–Kier alpha value is -4.84. The van der Waals surface area contributed by atoms with Crippen LogP contribution >= 0.6 is 0 Å². The number of aliphatic hydroxyl groups excluding tert-OH is 9. The van der Waals surface area contributed by atoms with Crippen LogP contribution in [0.1, 0.15) is 244 Å². The van der Waals surface area contributed by atoms with Gasteiger partial charge in [-0.25, -0.2) is 0 Å². The summed E-state index contributed by atoms with van der Waals surface area (Å²) in [6, 6.07) is -1.05. The summed E-state index contributed by atoms with van der Waals surface area (Å²) in [4.78, 5) is 79.5. The van der Waals surface area contributed by atoms with E-state index in [0.29, 0.717) is 64.4 Å². The van der Waals surface area contributed by atoms with Gasteiger partial charge in [0.2, 0.25) is 29.5 Å². The lowest BCUT2D eigenvalue weighted by Crippen LogP contribution is -2.55. The summed E-state index contributed by atoms with van der Waals surface area (Å²) in [5, 5.41) is 101. The molecule has 16 unspecified atom stereocenters. The van der Waals surface area contributed by atoms with Gasteiger partial charge in [-0.2, -0.15) is 0 Å². The number of carbonyl (C=O) groups excluding carboxylic acids is 6. The number of carbonyl (C=O) groups is 6. The van der Waals surface area contributed by atoms with Gasteiger partial charge in [-0.3, -0.25) is 28.8 Å². The van der Waals surface area contributed by atoms with E-state index in [0.717, 1.165) is 24.2 Å². The van der Waals surface area contributed by atoms with Gasteiger partial charge in [0.05, 0.1) is 65.1 Å². The van der Waals surface area contributed by atoms with Crippen LogP contribution in [-0.4, -0.2) is 278 Å². The van der Waals surface area contributed by atoms with Crippen molar-refractivity contribution < 1.29 is 122 Å². The van der Waals surface area contributed by atoms with Crippen LogP contribution in [0.5, 0.6) is 5.75 Å². The quantitative estimate of drug-likeness (QED) is 0.0247. The van der Waals surface area contributed by atoms with Crippen LogP contribution in [0.3, 0.4) is 0 Å². The van der Waals surface area contributed by atoms with Crippen molar-refractivity contribution in [3.05, 3.63) is 27.8 Å². The molecule has 672 valence electrons. The van der Waals surface area contributed by atoms with Crippen LogP contribution < -0.4 is 26.0 Å². The smallest absolute Gasteiger partial charge is 0.305 e. The molecule has 13 N–H and O–H groups in total. The molecule has 5 rings (SSSR count). The van der Waals surface area contributed by atoms with Crippen LogP contribution in [0, 0.1) is 63.2 Å². The normalized spacial score (nSPS) is 26.0. The Balaban J connectivity index is 0.000000758. The topological polar surface area (TPSA) is 428 Å². The molecule has 19 atom stereocenters. The van der Waals surface area contributed by atoms with Gasteiger partial charge in [0.1, 0.15) is 54.0 Å². The number of methoxy groups -OCH3 is 1. The minimum absolute atomic E-state index is 0.000300. The second-order valence-electron chi connectivity index (χ2n) is 33.5. The Morgan fingerprint density at radius 3 is 1.34 bits per heavy atom. The highest BCUT2D eigenvalue weighted by Gasteiger charge is 2.45. The third-order valence-corrected chi connectivity index (χ3v) is 23.4. The Morgan fingerprint density at radius 2 is 0.897 bits per heavy atom. The fourth-order valence-electron chi connectivity index (χ4n) is 15.1. The third kappa shape index (κ3) is 37.2. The number of hydrogen-bond acceptors (Lipinski definition) is 25. The molecule has 0 aliphatic carbocycles. The predicted octanol–water partition coefficient (Wildman–Crippen LogP) is 6.42. The number of nitrogens with one attached hydrogen (secondary N) is 4. The van der Waals surface area contributed by atoms with Crippen LogP contribution in [0.15, 0.2) is 0 Å². The molecule has 4 heterocycles. The second kappa shape index (κ2) is 56.7. The van der Waals surface area contributed by atoms with E-state index in [1.54, 1.807) is 20.8 Å². The zero-order valence-corrected chi connectivity index (χ0v) is 72.5. The minimum Gasteiger partial charge on any atom is -0.487 e. The van der Waals surface area contributed by atoms with Crippen molar-refractivity contribution in [2.45, 2.75) is 335 Å². The molecule has 0 aromatic heterocycles. The van der Waals surface area contributed by atoms with E-state index in [-0.39, 0.29) is 140 Å². The SMILES string of the molecule is COC(=O)CCCOCCOCCC(=O)NC(CCCCNC(=O)CCCCOC1OC(CO)C(O)C(O)C1C)C(=O)N(CCNC(=O)CCCCOC1OC(CO)C(O)C(O)C1C)CCNC(=O)CCCCOC1OC(CO)C(O)C(O)C1C.Cc1c(C)c(C)c2c(c1C)CC[C@@](C)(CCC[C@H](C)CCC[C@H](C)CCCC(C)C)O2. The molecule has 3 saturated heterocycles. The molecular formula is C86H153N5O25. The van der Waals surface area contributed by atoms with Gasteiger partial charge >= 0.3 is 5.97 Å². The first-order valence-corrected chi connectivity index (χ1v) is 43.4. The number of nitrogens with zero attached hydrogens (tertiary/aromatic N) is 1. The molecule has 1 aromatic carbocycles. The predicted molar refractivity (Wildman–Crippen MR) is 437 cm³/mol. The van der Waals surface area contributed by atoms with E-state index < -0.39 is 129 Å². The maximum Gasteiger partial charge on any atom is 0.305 e. The van der Waals surface area contributed by atoms with Gasteiger partial charge < -0.3 is 119 Å². The largest absolute Gasteiger partial charge is 0.487 e. The van der Waals surface area contributed by atoms with Crippen LogP contribution in [-0.2, 0) is 77.8 Å². The lowest BCUT2D eigenvalue weighted by molar-refractivity contribution is -0.282. The first-order valence-electron chi connectivity index (χ1n) is 43.4. The van der Waals surface area contributed by atoms with Crippen molar-refractivity contribution >= 4 is 35.5 Å². The summed E-state index contributed by atoms with van der Waals surface area (Å²) >= 11 is 0. The molecule has 0 bridgehead atoms. The maximum absolute atomic E-state index is 14.5. The number of unbranched alkanes of at least 4 members (excludes halogenated alkanes) is 4. The van der Waals surface area contributed by atoms with E-state index in [1.807, 2.05) is 0 Å². The lowest BCUT2D eigenvalue weighted by atomic mass is 9.83. The fraction of sp³-hybridized carbons (Fsp3) is 0.860. The zero-order chi connectivity index (χ0) is 85.9. The van der Waals surface area contributed by atoms with Crippen molar-refractivity contribution in [3.63, 3.8) is 0 Å². The molecule has 5 amide bonds. The molecule has 116 heavy (non-hydrogen) atoms. The Kier molecular flexibility index (Phi) is 50.6. The number of hydrogen-bond donors (Lipinski definition) is 13. The molecule has 0 spiro atoms. The highest BCUT2D eigenvalue weighted by Crippen LogP contribution is 2.43. The highest BCUT2D eigenvalue weighted by molar-refractivity contribution is 5.88. The maximum atomic E-state index is 14.5. The average molecular weight is 1660 g/mol. The first kappa shape index (κ1) is 104. The summed E-state index contributed by atoms with van der Waals surface area (Å²) in [7, 11) is 1.31. The van der Waals surface area contributed by atoms with Crippen molar-refractivity contribution in [3.8, 4) is 5.75 Å². The standard InChI is InChI=1S/C56H101N5O24.C30H52O/c1-35-47(70)50(73)39(32-62)83-54(35)80-26-10-6-15-42(65)57-20-9-5-14-38(60-45(68)19-29-79-31-30-78-25-13-18-46(69)77-4)53(76)61(23-21-58-43(66)16-7-11-27-81-55-36(2)48(71)51(74)40(33-63)84-55)24-22-59-44(67)17-8-12-28-82-56-37(3)49(72)52(75)41(34-64)85-56;1-21(2)13-10-14-22(3)15-11-16-23(4)17-12-19-30(9)20-18-28-26(7)24(5)25(6)27(8)29(28)31-30/h35-41,47-52,54-56,62-64,70-75H,5-34H2,1-4H3,(H,57,65)(H,58,66)(H,59,67)(H,60,68);21-23H,10-20H2,1-9H3/t;22-,23-,30-/m.1/s1. The average Bonchev–Trinajstić information content (AvgIpc) is 0.765. The van der Waals surface area contributed by atoms with Crippen LogP contribution in [0.2, 0.25) is 0 Å². The monoisotopic (exact) mass is 1660 g/mol. The molecule has 0 radical (unpaired) electrons. The second-order valence-corrected chi connectivity index (χ2v) is 33.5. The zero-order valence-electron chi connectivity index (χ0n) is 72.5. The van der Waals surface area contributed by atoms with E-state index in [4.69, 9.17) is 42.6 Å². The summed E-state index contributed by atoms with van der Waals surface area (Å²) in [5.74, 6) is -0.0230. The lowest BCUT2D eigenvalue weighted by Gasteiger charge is -2.40. The van der Waals surface area contributed by atoms with Gasteiger partial charge in [-0.1, -0.05) is 93.4 Å². The Labute approximate surface area is 691 Å². The number of fused-ring (bicyclic) bond motifs is 1. The number of rotatable bonds is 56. The number of benzene rings is 1. The Bertz CT molecular complexity index is 2890. The van der Waals surface area contributed by atoms with Gasteiger partial charge in [0.15, 0.2) is 18.9 Å². The number of esters is 1. The molecule has 30 nitrogen and oxygen atoms in total. The number of ether oxygens (including phenoxy) is 10. The molecule has 4 aliphatic heterocycles. The van der Waals surface area contributed by atoms with Gasteiger partial charge in [0, 0.05) is 109 Å². The number of amides is 5. The highest BCUT2D eigenvalue weighted by atomic mass is 16.7. The first-order chi connectivity index (χ1) is 55.3. The van der Waals surface area contributed by atoms with Crippen LogP contribution in [0.4, 0.5) is 0 Å². The van der Waals surface area contributed by atoms with E-state index in [9.17, 15) is 74.7 Å². The third-order valence-electron chi connectivity index (χ3n) is 23.4. The fourth-order valence-corrected chi connectivity index (χ4v) is 15.1. The molecule has 3 fully saturated rings. The van der Waals surface area contributed by atoms with Gasteiger partial charge in [0.25, 0.3) is 0 Å². The van der Waals surface area contributed by atoms with Gasteiger partial charge in [-0.05, 0) is 170 Å². The van der Waals surface area contributed by atoms with E-state index in [1.165, 1.54) is 110 Å². The summed E-state index contributed by atoms with van der Waals surface area (Å²) in [6.07, 6.45) is 6.44. The summed E-state index contributed by atoms with van der Waals surface area (Å²) in [6.45, 7) is 26.0. The van der Waals surface area contributed by atoms with Crippen molar-refractivity contribution in [1.82, 2.24) is 26.2 Å². The molecule has 0 saturated carbocycles. The number of aliphatic hydroxyl groups is 9. The summed E-state index contributed by atoms with van der Waals surface area (Å²) < 4.78 is 56.5. The van der Waals surface area contributed by atoms with Crippen molar-refractivity contribution in [2.75, 3.05) is 106 Å². The molecule has 30 heteroatoms. The Morgan fingerprint density at radius 1 is 0.466 bits per heavy atom.